The summed E-state index contributed by atoms with van der Waals surface area (Å²) in [6.07, 6.45) is 9.56. The number of carbonyl (C=O) groups excluding carboxylic acids is 2. The molecule has 1 fully saturated rings. The lowest BCUT2D eigenvalue weighted by atomic mass is 9.94. The van der Waals surface area contributed by atoms with Gasteiger partial charge in [-0.05, 0) is 54.8 Å². The summed E-state index contributed by atoms with van der Waals surface area (Å²) < 4.78 is 5.28. The second kappa shape index (κ2) is 11.1. The van der Waals surface area contributed by atoms with Crippen molar-refractivity contribution in [1.82, 2.24) is 15.3 Å². The molecule has 1 saturated carbocycles. The van der Waals surface area contributed by atoms with E-state index < -0.39 is 11.9 Å². The van der Waals surface area contributed by atoms with Gasteiger partial charge in [-0.15, -0.1) is 0 Å². The molecule has 8 heteroatoms. The van der Waals surface area contributed by atoms with Gasteiger partial charge < -0.3 is 10.1 Å². The predicted octanol–water partition coefficient (Wildman–Crippen LogP) is 4.98. The number of rotatable bonds is 7. The number of nitrogens with zero attached hydrogens (tertiary/aromatic N) is 3. The van der Waals surface area contributed by atoms with Crippen molar-refractivity contribution in [2.45, 2.75) is 44.2 Å². The second-order valence-corrected chi connectivity index (χ2v) is 8.70. The Morgan fingerprint density at radius 2 is 1.74 bits per heavy atom. The molecule has 1 N–H and O–H groups in total. The monoisotopic (exact) mass is 478 g/mol. The fourth-order valence-electron chi connectivity index (χ4n) is 4.25. The first kappa shape index (κ1) is 23.7. The van der Waals surface area contributed by atoms with Gasteiger partial charge >= 0.3 is 0 Å². The van der Waals surface area contributed by atoms with Crippen LogP contribution in [0.2, 0.25) is 5.02 Å². The molecule has 1 aromatic heterocycles. The first-order valence-corrected chi connectivity index (χ1v) is 11.7. The van der Waals surface area contributed by atoms with Crippen LogP contribution in [-0.4, -0.2) is 34.9 Å². The van der Waals surface area contributed by atoms with E-state index in [1.54, 1.807) is 55.6 Å². The zero-order chi connectivity index (χ0) is 23.9. The number of carbonyl (C=O) groups is 2. The number of nitrogens with one attached hydrogen (secondary N) is 1. The maximum absolute atomic E-state index is 13.8. The number of aromatic nitrogens is 2. The van der Waals surface area contributed by atoms with E-state index in [0.29, 0.717) is 22.0 Å². The molecule has 1 aliphatic rings. The van der Waals surface area contributed by atoms with Gasteiger partial charge in [0.2, 0.25) is 5.91 Å². The van der Waals surface area contributed by atoms with Crippen LogP contribution < -0.4 is 15.0 Å². The van der Waals surface area contributed by atoms with Gasteiger partial charge in [-0.2, -0.15) is 0 Å². The normalized spacial score (nSPS) is 14.8. The minimum atomic E-state index is -0.929. The molecule has 0 spiro atoms. The van der Waals surface area contributed by atoms with Gasteiger partial charge in [0.15, 0.2) is 0 Å². The van der Waals surface area contributed by atoms with E-state index in [1.807, 2.05) is 0 Å². The van der Waals surface area contributed by atoms with Crippen LogP contribution in [0.25, 0.3) is 0 Å². The summed E-state index contributed by atoms with van der Waals surface area (Å²) in [6, 6.07) is 13.2. The van der Waals surface area contributed by atoms with E-state index >= 15 is 0 Å². The highest BCUT2D eigenvalue weighted by molar-refractivity contribution is 6.30. The minimum absolute atomic E-state index is 0.0837. The van der Waals surface area contributed by atoms with Crippen molar-refractivity contribution < 1.29 is 14.3 Å². The molecule has 0 unspecified atom stereocenters. The molecule has 176 valence electrons. The summed E-state index contributed by atoms with van der Waals surface area (Å²) in [5, 5.41) is 3.73. The molecule has 7 nitrogen and oxygen atoms in total. The third-order valence-electron chi connectivity index (χ3n) is 6.00. The smallest absolute Gasteiger partial charge is 0.279 e. The number of halogens is 1. The lowest BCUT2D eigenvalue weighted by Gasteiger charge is -2.33. The molecule has 0 radical (unpaired) electrons. The molecule has 4 rings (SSSR count). The van der Waals surface area contributed by atoms with Crippen LogP contribution >= 0.6 is 11.6 Å². The molecule has 0 bridgehead atoms. The highest BCUT2D eigenvalue weighted by Gasteiger charge is 2.35. The van der Waals surface area contributed by atoms with Crippen molar-refractivity contribution in [2.75, 3.05) is 12.0 Å². The maximum Gasteiger partial charge on any atom is 0.279 e. The van der Waals surface area contributed by atoms with Crippen molar-refractivity contribution >= 4 is 29.1 Å². The molecule has 1 heterocycles. The van der Waals surface area contributed by atoms with Crippen LogP contribution in [0, 0.1) is 0 Å². The molecule has 0 aliphatic heterocycles. The lowest BCUT2D eigenvalue weighted by Crippen LogP contribution is -2.47. The summed E-state index contributed by atoms with van der Waals surface area (Å²) >= 11 is 6.13. The molecule has 1 atom stereocenters. The van der Waals surface area contributed by atoms with Gasteiger partial charge in [-0.1, -0.05) is 43.0 Å². The molecular weight excluding hydrogens is 452 g/mol. The first-order valence-electron chi connectivity index (χ1n) is 11.4. The number of hydrogen-bond donors (Lipinski definition) is 1. The van der Waals surface area contributed by atoms with Gasteiger partial charge in [0.1, 0.15) is 17.5 Å². The number of methoxy groups -OCH3 is 1. The summed E-state index contributed by atoms with van der Waals surface area (Å²) in [5.41, 5.74) is 1.32. The average molecular weight is 479 g/mol. The highest BCUT2D eigenvalue weighted by atomic mass is 35.5. The number of hydrogen-bond acceptors (Lipinski definition) is 5. The van der Waals surface area contributed by atoms with Crippen molar-refractivity contribution in [3.63, 3.8) is 0 Å². The van der Waals surface area contributed by atoms with E-state index in [-0.39, 0.29) is 17.6 Å². The van der Waals surface area contributed by atoms with Crippen LogP contribution in [0.1, 0.15) is 54.2 Å². The Balaban J connectivity index is 1.79. The molecule has 1 aliphatic carbocycles. The molecular formula is C26H27ClN4O3. The summed E-state index contributed by atoms with van der Waals surface area (Å²) in [5.74, 6) is -0.0374. The summed E-state index contributed by atoms with van der Waals surface area (Å²) in [6.45, 7) is 0. The van der Waals surface area contributed by atoms with Crippen LogP contribution in [0.5, 0.6) is 5.75 Å². The van der Waals surface area contributed by atoms with Crippen molar-refractivity contribution in [2.24, 2.45) is 0 Å². The van der Waals surface area contributed by atoms with Crippen LogP contribution in [-0.2, 0) is 4.79 Å². The van der Waals surface area contributed by atoms with Gasteiger partial charge in [0.25, 0.3) is 5.91 Å². The molecule has 34 heavy (non-hydrogen) atoms. The highest BCUT2D eigenvalue weighted by Crippen LogP contribution is 2.32. The predicted molar refractivity (Wildman–Crippen MR) is 131 cm³/mol. The Bertz CT molecular complexity index is 1100. The van der Waals surface area contributed by atoms with Crippen LogP contribution in [0.15, 0.2) is 67.1 Å². The van der Waals surface area contributed by atoms with Crippen molar-refractivity contribution in [3.8, 4) is 5.75 Å². The van der Waals surface area contributed by atoms with Gasteiger partial charge in [-0.25, -0.2) is 4.98 Å². The van der Waals surface area contributed by atoms with Gasteiger partial charge in [0.05, 0.1) is 13.3 Å². The zero-order valence-electron chi connectivity index (χ0n) is 19.0. The Kier molecular flexibility index (Phi) is 7.75. The largest absolute Gasteiger partial charge is 0.497 e. The molecule has 3 aromatic rings. The third kappa shape index (κ3) is 5.54. The van der Waals surface area contributed by atoms with Crippen molar-refractivity contribution in [3.05, 3.63) is 83.4 Å². The van der Waals surface area contributed by atoms with Crippen molar-refractivity contribution in [1.29, 1.82) is 0 Å². The minimum Gasteiger partial charge on any atom is -0.497 e. The topological polar surface area (TPSA) is 84.4 Å². The number of benzene rings is 2. The number of amides is 2. The first-order chi connectivity index (χ1) is 16.6. The van der Waals surface area contributed by atoms with Crippen LogP contribution in [0.3, 0.4) is 0 Å². The SMILES string of the molecule is COc1ccc(N(C(=O)c2cnccn2)[C@@H](C(=O)NC2CCCCC2)c2ccc(Cl)cc2)cc1. The fraction of sp³-hybridized carbons (Fsp3) is 0.308. The Hall–Kier alpha value is -3.45. The number of anilines is 1. The van der Waals surface area contributed by atoms with E-state index in [0.717, 1.165) is 25.7 Å². The standard InChI is InChI=1S/C26H27ClN4O3/c1-34-22-13-11-21(12-14-22)31(26(33)23-17-28-15-16-29-23)24(18-7-9-19(27)10-8-18)25(32)30-20-5-3-2-4-6-20/h7-17,20,24H,2-6H2,1H3,(H,30,32)/t24-/m1/s1. The quantitative estimate of drug-likeness (QED) is 0.518. The Labute approximate surface area is 204 Å². The second-order valence-electron chi connectivity index (χ2n) is 8.26. The Morgan fingerprint density at radius 3 is 2.35 bits per heavy atom. The number of ether oxygens (including phenoxy) is 1. The fourth-order valence-corrected chi connectivity index (χ4v) is 4.38. The van der Waals surface area contributed by atoms with E-state index in [2.05, 4.69) is 15.3 Å². The third-order valence-corrected chi connectivity index (χ3v) is 6.25. The summed E-state index contributed by atoms with van der Waals surface area (Å²) in [7, 11) is 1.58. The average Bonchev–Trinajstić information content (AvgIpc) is 2.89. The van der Waals surface area contributed by atoms with E-state index in [1.165, 1.54) is 29.9 Å². The molecule has 2 aromatic carbocycles. The van der Waals surface area contributed by atoms with E-state index in [4.69, 9.17) is 16.3 Å². The molecule has 2 amide bonds. The van der Waals surface area contributed by atoms with Crippen LogP contribution in [0.4, 0.5) is 5.69 Å². The Morgan fingerprint density at radius 1 is 1.03 bits per heavy atom. The van der Waals surface area contributed by atoms with Gasteiger partial charge in [0, 0.05) is 29.1 Å². The summed E-state index contributed by atoms with van der Waals surface area (Å²) in [4.78, 5) is 37.2. The molecule has 0 saturated heterocycles. The maximum atomic E-state index is 13.8. The lowest BCUT2D eigenvalue weighted by molar-refractivity contribution is -0.123. The van der Waals surface area contributed by atoms with E-state index in [9.17, 15) is 9.59 Å². The van der Waals surface area contributed by atoms with Gasteiger partial charge in [-0.3, -0.25) is 19.5 Å². The zero-order valence-corrected chi connectivity index (χ0v) is 19.7.